The molecule has 0 atom stereocenters. The van der Waals surface area contributed by atoms with E-state index in [0.29, 0.717) is 5.41 Å². The minimum absolute atomic E-state index is 0.361. The van der Waals surface area contributed by atoms with E-state index < -0.39 is 0 Å². The average Bonchev–Trinajstić information content (AvgIpc) is 2.48. The van der Waals surface area contributed by atoms with E-state index in [9.17, 15) is 0 Å². The quantitative estimate of drug-likeness (QED) is 0.803. The summed E-state index contributed by atoms with van der Waals surface area (Å²) in [5, 5.41) is 6.48. The number of thiazole rings is 1. The summed E-state index contributed by atoms with van der Waals surface area (Å²) in [6.45, 7) is 9.76. The fourth-order valence-electron chi connectivity index (χ4n) is 0.875. The molecule has 1 aromatic heterocycles. The molecular weight excluding hydrogens is 180 g/mol. The van der Waals surface area contributed by atoms with Crippen LogP contribution in [0.15, 0.2) is 5.38 Å². The van der Waals surface area contributed by atoms with Crippen LogP contribution in [0, 0.1) is 12.3 Å². The van der Waals surface area contributed by atoms with Crippen molar-refractivity contribution in [3.05, 3.63) is 11.1 Å². The zero-order valence-electron chi connectivity index (χ0n) is 8.85. The Morgan fingerprint density at radius 1 is 1.54 bits per heavy atom. The molecule has 0 aromatic carbocycles. The van der Waals surface area contributed by atoms with E-state index in [4.69, 9.17) is 0 Å². The average molecular weight is 198 g/mol. The molecule has 13 heavy (non-hydrogen) atoms. The van der Waals surface area contributed by atoms with E-state index in [1.807, 2.05) is 6.92 Å². The van der Waals surface area contributed by atoms with Crippen molar-refractivity contribution < 1.29 is 0 Å². The highest BCUT2D eigenvalue weighted by molar-refractivity contribution is 7.13. The van der Waals surface area contributed by atoms with Crippen LogP contribution >= 0.6 is 11.3 Å². The van der Waals surface area contributed by atoms with Crippen molar-refractivity contribution in [3.63, 3.8) is 0 Å². The zero-order chi connectivity index (χ0) is 9.90. The molecule has 0 aliphatic rings. The van der Waals surface area contributed by atoms with Gasteiger partial charge in [0.05, 0.1) is 5.69 Å². The van der Waals surface area contributed by atoms with Crippen LogP contribution in [-0.2, 0) is 0 Å². The van der Waals surface area contributed by atoms with Gasteiger partial charge in [-0.1, -0.05) is 20.8 Å². The lowest BCUT2D eigenvalue weighted by molar-refractivity contribution is 0.377. The normalized spacial score (nSPS) is 11.7. The van der Waals surface area contributed by atoms with Gasteiger partial charge in [-0.25, -0.2) is 4.98 Å². The smallest absolute Gasteiger partial charge is 0.182 e. The van der Waals surface area contributed by atoms with Crippen LogP contribution in [0.3, 0.4) is 0 Å². The summed E-state index contributed by atoms with van der Waals surface area (Å²) in [6, 6.07) is 0. The van der Waals surface area contributed by atoms with Gasteiger partial charge in [-0.2, -0.15) is 0 Å². The first-order chi connectivity index (χ1) is 6.03. The Morgan fingerprint density at radius 2 is 2.23 bits per heavy atom. The first-order valence-corrected chi connectivity index (χ1v) is 5.57. The van der Waals surface area contributed by atoms with Crippen molar-refractivity contribution in [3.8, 4) is 0 Å². The van der Waals surface area contributed by atoms with E-state index in [0.717, 1.165) is 17.4 Å². The van der Waals surface area contributed by atoms with Gasteiger partial charge in [-0.3, -0.25) is 0 Å². The lowest BCUT2D eigenvalue weighted by Crippen LogP contribution is -2.21. The van der Waals surface area contributed by atoms with Crippen LogP contribution in [0.1, 0.15) is 32.9 Å². The second-order valence-corrected chi connectivity index (χ2v) is 5.02. The Kier molecular flexibility index (Phi) is 3.31. The van der Waals surface area contributed by atoms with Crippen LogP contribution in [0.4, 0.5) is 5.13 Å². The third kappa shape index (κ3) is 3.35. The molecule has 0 bridgehead atoms. The zero-order valence-corrected chi connectivity index (χ0v) is 9.66. The molecule has 0 fully saturated rings. The lowest BCUT2D eigenvalue weighted by Gasteiger charge is -2.22. The largest absolute Gasteiger partial charge is 0.361 e. The van der Waals surface area contributed by atoms with Gasteiger partial charge in [-0.05, 0) is 18.8 Å². The van der Waals surface area contributed by atoms with E-state index >= 15 is 0 Å². The lowest BCUT2D eigenvalue weighted by atomic mass is 9.90. The van der Waals surface area contributed by atoms with Crippen molar-refractivity contribution in [1.29, 1.82) is 0 Å². The molecule has 0 aliphatic carbocycles. The number of aromatic nitrogens is 1. The molecule has 3 heteroatoms. The Bertz CT molecular complexity index is 266. The highest BCUT2D eigenvalue weighted by Crippen LogP contribution is 2.22. The third-order valence-electron chi connectivity index (χ3n) is 2.29. The van der Waals surface area contributed by atoms with E-state index in [1.54, 1.807) is 11.3 Å². The molecule has 0 saturated heterocycles. The van der Waals surface area contributed by atoms with Crippen LogP contribution in [0.25, 0.3) is 0 Å². The van der Waals surface area contributed by atoms with Gasteiger partial charge in [-0.15, -0.1) is 11.3 Å². The number of aryl methyl sites for hydroxylation is 1. The number of hydrogen-bond donors (Lipinski definition) is 1. The first kappa shape index (κ1) is 10.5. The summed E-state index contributed by atoms with van der Waals surface area (Å²) in [5.41, 5.74) is 1.46. The van der Waals surface area contributed by atoms with E-state index in [1.165, 1.54) is 6.42 Å². The molecule has 1 rings (SSSR count). The molecule has 1 aromatic rings. The highest BCUT2D eigenvalue weighted by atomic mass is 32.1. The minimum Gasteiger partial charge on any atom is -0.361 e. The predicted molar refractivity (Wildman–Crippen MR) is 59.4 cm³/mol. The van der Waals surface area contributed by atoms with Gasteiger partial charge in [0.25, 0.3) is 0 Å². The molecule has 1 heterocycles. The molecular formula is C10H18N2S. The maximum absolute atomic E-state index is 4.36. The molecule has 2 nitrogen and oxygen atoms in total. The molecule has 0 amide bonds. The number of hydrogen-bond acceptors (Lipinski definition) is 3. The molecule has 0 unspecified atom stereocenters. The van der Waals surface area contributed by atoms with Crippen LogP contribution in [0.2, 0.25) is 0 Å². The topological polar surface area (TPSA) is 24.9 Å². The fourth-order valence-corrected chi connectivity index (χ4v) is 1.56. The van der Waals surface area contributed by atoms with Crippen molar-refractivity contribution in [2.75, 3.05) is 11.9 Å². The summed E-state index contributed by atoms with van der Waals surface area (Å²) >= 11 is 1.68. The predicted octanol–water partition coefficient (Wildman–Crippen LogP) is 3.30. The maximum atomic E-state index is 4.36. The third-order valence-corrected chi connectivity index (χ3v) is 3.21. The van der Waals surface area contributed by atoms with Crippen molar-refractivity contribution >= 4 is 16.5 Å². The Hall–Kier alpha value is -0.570. The van der Waals surface area contributed by atoms with Crippen LogP contribution in [0.5, 0.6) is 0 Å². The van der Waals surface area contributed by atoms with Crippen LogP contribution in [-0.4, -0.2) is 11.5 Å². The number of anilines is 1. The Morgan fingerprint density at radius 3 is 2.69 bits per heavy atom. The summed E-state index contributed by atoms with van der Waals surface area (Å²) in [6.07, 6.45) is 1.18. The molecule has 1 N–H and O–H groups in total. The summed E-state index contributed by atoms with van der Waals surface area (Å²) in [7, 11) is 0. The van der Waals surface area contributed by atoms with Crippen molar-refractivity contribution in [2.24, 2.45) is 5.41 Å². The summed E-state index contributed by atoms with van der Waals surface area (Å²) in [5.74, 6) is 0. The van der Waals surface area contributed by atoms with Gasteiger partial charge < -0.3 is 5.32 Å². The Labute approximate surface area is 84.4 Å². The second-order valence-electron chi connectivity index (χ2n) is 4.17. The second kappa shape index (κ2) is 4.09. The van der Waals surface area contributed by atoms with Crippen molar-refractivity contribution in [2.45, 2.75) is 34.1 Å². The van der Waals surface area contributed by atoms with Gasteiger partial charge in [0.15, 0.2) is 5.13 Å². The van der Waals surface area contributed by atoms with Gasteiger partial charge in [0, 0.05) is 11.9 Å². The van der Waals surface area contributed by atoms with Gasteiger partial charge in [0.2, 0.25) is 0 Å². The molecule has 0 saturated carbocycles. The summed E-state index contributed by atoms with van der Waals surface area (Å²) in [4.78, 5) is 4.36. The Balaban J connectivity index is 2.43. The molecule has 0 spiro atoms. The van der Waals surface area contributed by atoms with Crippen LogP contribution < -0.4 is 5.32 Å². The number of nitrogens with zero attached hydrogens (tertiary/aromatic N) is 1. The maximum Gasteiger partial charge on any atom is 0.182 e. The van der Waals surface area contributed by atoms with E-state index in [2.05, 4.69) is 36.5 Å². The monoisotopic (exact) mass is 198 g/mol. The van der Waals surface area contributed by atoms with E-state index in [-0.39, 0.29) is 0 Å². The van der Waals surface area contributed by atoms with Gasteiger partial charge in [0.1, 0.15) is 0 Å². The van der Waals surface area contributed by atoms with Crippen molar-refractivity contribution in [1.82, 2.24) is 4.98 Å². The SMILES string of the molecule is CCC(C)(C)CNc1nc(C)cs1. The highest BCUT2D eigenvalue weighted by Gasteiger charge is 2.14. The number of nitrogens with one attached hydrogen (secondary N) is 1. The minimum atomic E-state index is 0.361. The first-order valence-electron chi connectivity index (χ1n) is 4.69. The number of rotatable bonds is 4. The van der Waals surface area contributed by atoms with Gasteiger partial charge >= 0.3 is 0 Å². The molecule has 0 aliphatic heterocycles. The molecule has 74 valence electrons. The fraction of sp³-hybridized carbons (Fsp3) is 0.700. The standard InChI is InChI=1S/C10H18N2S/c1-5-10(3,4)7-11-9-12-8(2)6-13-9/h6H,5,7H2,1-4H3,(H,11,12). The molecule has 0 radical (unpaired) electrons. The summed E-state index contributed by atoms with van der Waals surface area (Å²) < 4.78 is 0.